The Hall–Kier alpha value is -1.85. The number of carbonyl (C=O) groups is 1. The minimum Gasteiger partial charge on any atom is -0.391 e. The fourth-order valence-corrected chi connectivity index (χ4v) is 3.61. The van der Waals surface area contributed by atoms with Gasteiger partial charge in [-0.05, 0) is 50.0 Å². The molecule has 2 fully saturated rings. The van der Waals surface area contributed by atoms with Crippen LogP contribution in [0.1, 0.15) is 31.7 Å². The number of amides is 1. The molecule has 5 heteroatoms. The van der Waals surface area contributed by atoms with Crippen molar-refractivity contribution in [1.29, 1.82) is 0 Å². The highest BCUT2D eigenvalue weighted by Gasteiger charge is 2.28. The Morgan fingerprint density at radius 1 is 1.20 bits per heavy atom. The highest BCUT2D eigenvalue weighted by molar-refractivity contribution is 5.92. The molecule has 2 atom stereocenters. The van der Waals surface area contributed by atoms with Gasteiger partial charge in [-0.25, -0.2) is 0 Å². The number of piperidine rings is 1. The zero-order chi connectivity index (χ0) is 17.6. The molecule has 3 rings (SSSR count). The van der Waals surface area contributed by atoms with E-state index in [0.29, 0.717) is 0 Å². The minimum atomic E-state index is -0.481. The van der Waals surface area contributed by atoms with Gasteiger partial charge >= 0.3 is 0 Å². The third-order valence-corrected chi connectivity index (χ3v) is 5.08. The van der Waals surface area contributed by atoms with E-state index in [9.17, 15) is 9.90 Å². The van der Waals surface area contributed by atoms with Crippen LogP contribution in [0.15, 0.2) is 30.3 Å². The predicted octanol–water partition coefficient (Wildman–Crippen LogP) is 2.30. The van der Waals surface area contributed by atoms with Gasteiger partial charge in [0.2, 0.25) is 5.91 Å². The van der Waals surface area contributed by atoms with Crippen molar-refractivity contribution in [3.63, 3.8) is 0 Å². The predicted molar refractivity (Wildman–Crippen MR) is 99.5 cm³/mol. The number of aliphatic hydroxyl groups excluding tert-OH is 1. The molecule has 0 bridgehead atoms. The molecule has 136 valence electrons. The zero-order valence-electron chi connectivity index (χ0n) is 14.9. The fraction of sp³-hybridized carbons (Fsp3) is 0.550. The molecule has 0 saturated carbocycles. The van der Waals surface area contributed by atoms with Crippen LogP contribution in [0.4, 0.5) is 5.69 Å². The van der Waals surface area contributed by atoms with Crippen LogP contribution in [0.3, 0.4) is 0 Å². The lowest BCUT2D eigenvalue weighted by atomic mass is 9.98. The van der Waals surface area contributed by atoms with E-state index in [1.165, 1.54) is 5.69 Å². The van der Waals surface area contributed by atoms with Gasteiger partial charge in [0.25, 0.3) is 0 Å². The summed E-state index contributed by atoms with van der Waals surface area (Å²) < 4.78 is 5.38. The number of carbonyl (C=O) groups excluding carboxylic acids is 1. The van der Waals surface area contributed by atoms with E-state index >= 15 is 0 Å². The van der Waals surface area contributed by atoms with Gasteiger partial charge in [0.05, 0.1) is 25.4 Å². The Bertz CT molecular complexity index is 591. The molecule has 2 aliphatic rings. The van der Waals surface area contributed by atoms with Crippen molar-refractivity contribution in [1.82, 2.24) is 4.90 Å². The quantitative estimate of drug-likeness (QED) is 0.852. The maximum Gasteiger partial charge on any atom is 0.246 e. The van der Waals surface area contributed by atoms with E-state index in [-0.39, 0.29) is 11.9 Å². The maximum absolute atomic E-state index is 12.5. The zero-order valence-corrected chi connectivity index (χ0v) is 14.9. The van der Waals surface area contributed by atoms with E-state index in [2.05, 4.69) is 17.0 Å². The summed E-state index contributed by atoms with van der Waals surface area (Å²) >= 11 is 0. The molecule has 1 amide bonds. The molecule has 1 aromatic carbocycles. The number of rotatable bonds is 4. The van der Waals surface area contributed by atoms with Crippen LogP contribution in [0.5, 0.6) is 0 Å². The highest BCUT2D eigenvalue weighted by atomic mass is 16.5. The molecular formula is C20H28N2O3. The van der Waals surface area contributed by atoms with Crippen molar-refractivity contribution >= 4 is 17.7 Å². The van der Waals surface area contributed by atoms with Crippen molar-refractivity contribution in [2.45, 2.75) is 38.3 Å². The van der Waals surface area contributed by atoms with E-state index < -0.39 is 6.10 Å². The van der Waals surface area contributed by atoms with Crippen LogP contribution in [-0.4, -0.2) is 60.9 Å². The number of aliphatic hydroxyl groups is 1. The molecule has 1 N–H and O–H groups in total. The number of morpholine rings is 1. The molecule has 1 aromatic rings. The van der Waals surface area contributed by atoms with E-state index in [1.807, 2.05) is 23.1 Å². The number of benzene rings is 1. The first-order valence-electron chi connectivity index (χ1n) is 9.24. The van der Waals surface area contributed by atoms with Gasteiger partial charge in [0.1, 0.15) is 0 Å². The molecule has 0 spiro atoms. The maximum atomic E-state index is 12.5. The lowest BCUT2D eigenvalue weighted by Gasteiger charge is -2.36. The lowest BCUT2D eigenvalue weighted by molar-refractivity contribution is -0.132. The number of likely N-dealkylation sites (tertiary alicyclic amines) is 1. The van der Waals surface area contributed by atoms with Gasteiger partial charge in [-0.2, -0.15) is 0 Å². The van der Waals surface area contributed by atoms with Crippen molar-refractivity contribution in [2.24, 2.45) is 0 Å². The molecule has 0 aromatic heterocycles. The summed E-state index contributed by atoms with van der Waals surface area (Å²) in [6.45, 7) is 5.89. The summed E-state index contributed by atoms with van der Waals surface area (Å²) in [7, 11) is 0. The Labute approximate surface area is 149 Å². The number of ether oxygens (including phenoxy) is 1. The summed E-state index contributed by atoms with van der Waals surface area (Å²) in [4.78, 5) is 16.6. The molecule has 0 aliphatic carbocycles. The molecule has 0 radical (unpaired) electrons. The first-order valence-corrected chi connectivity index (χ1v) is 9.24. The summed E-state index contributed by atoms with van der Waals surface area (Å²) in [5, 5.41) is 9.90. The smallest absolute Gasteiger partial charge is 0.246 e. The number of hydrogen-bond donors (Lipinski definition) is 1. The van der Waals surface area contributed by atoms with Gasteiger partial charge in [0.15, 0.2) is 0 Å². The standard InChI is InChI=1S/C20H28N2O3/c1-16(23)19-4-2-3-11-22(19)20(24)10-7-17-5-8-18(9-6-17)21-12-14-25-15-13-21/h5-10,16,19,23H,2-4,11-15H2,1H3/b10-7+. The first kappa shape index (κ1) is 18.0. The number of hydrogen-bond acceptors (Lipinski definition) is 4. The average Bonchev–Trinajstić information content (AvgIpc) is 2.67. The molecule has 25 heavy (non-hydrogen) atoms. The van der Waals surface area contributed by atoms with Crippen molar-refractivity contribution < 1.29 is 14.6 Å². The second kappa shape index (κ2) is 8.50. The Morgan fingerprint density at radius 2 is 1.92 bits per heavy atom. The largest absolute Gasteiger partial charge is 0.391 e. The van der Waals surface area contributed by atoms with Crippen LogP contribution < -0.4 is 4.90 Å². The van der Waals surface area contributed by atoms with Crippen LogP contribution in [0, 0.1) is 0 Å². The lowest BCUT2D eigenvalue weighted by Crippen LogP contribution is -2.48. The van der Waals surface area contributed by atoms with E-state index in [1.54, 1.807) is 13.0 Å². The molecular weight excluding hydrogens is 316 g/mol. The monoisotopic (exact) mass is 344 g/mol. The van der Waals surface area contributed by atoms with Crippen molar-refractivity contribution in [3.8, 4) is 0 Å². The average molecular weight is 344 g/mol. The van der Waals surface area contributed by atoms with Crippen LogP contribution >= 0.6 is 0 Å². The van der Waals surface area contributed by atoms with Crippen molar-refractivity contribution in [3.05, 3.63) is 35.9 Å². The molecule has 2 saturated heterocycles. The van der Waals surface area contributed by atoms with Crippen molar-refractivity contribution in [2.75, 3.05) is 37.7 Å². The number of anilines is 1. The third-order valence-electron chi connectivity index (χ3n) is 5.08. The second-order valence-corrected chi connectivity index (χ2v) is 6.86. The van der Waals surface area contributed by atoms with Gasteiger partial charge in [-0.15, -0.1) is 0 Å². The second-order valence-electron chi connectivity index (χ2n) is 6.86. The Balaban J connectivity index is 1.61. The summed E-state index contributed by atoms with van der Waals surface area (Å²) in [5.74, 6) is -0.0112. The molecule has 2 heterocycles. The number of nitrogens with zero attached hydrogens (tertiary/aromatic N) is 2. The van der Waals surface area contributed by atoms with Crippen LogP contribution in [0.25, 0.3) is 6.08 Å². The van der Waals surface area contributed by atoms with Crippen LogP contribution in [0.2, 0.25) is 0 Å². The van der Waals surface area contributed by atoms with Gasteiger partial charge in [-0.1, -0.05) is 12.1 Å². The van der Waals surface area contributed by atoms with E-state index in [0.717, 1.165) is 57.7 Å². The summed E-state index contributed by atoms with van der Waals surface area (Å²) in [6, 6.07) is 8.20. The third kappa shape index (κ3) is 4.61. The molecule has 2 aliphatic heterocycles. The topological polar surface area (TPSA) is 53.0 Å². The first-order chi connectivity index (χ1) is 12.1. The fourth-order valence-electron chi connectivity index (χ4n) is 3.61. The highest BCUT2D eigenvalue weighted by Crippen LogP contribution is 2.21. The Kier molecular flexibility index (Phi) is 6.10. The Morgan fingerprint density at radius 3 is 2.60 bits per heavy atom. The SMILES string of the molecule is CC(O)C1CCCCN1C(=O)/C=C/c1ccc(N2CCOCC2)cc1. The molecule has 5 nitrogen and oxygen atoms in total. The van der Waals surface area contributed by atoms with E-state index in [4.69, 9.17) is 4.74 Å². The van der Waals surface area contributed by atoms with Gasteiger partial charge in [0, 0.05) is 31.4 Å². The normalized spacial score (nSPS) is 23.0. The minimum absolute atomic E-state index is 0.0112. The molecule has 2 unspecified atom stereocenters. The summed E-state index contributed by atoms with van der Waals surface area (Å²) in [6.07, 6.45) is 5.98. The van der Waals surface area contributed by atoms with Crippen LogP contribution in [-0.2, 0) is 9.53 Å². The van der Waals surface area contributed by atoms with Gasteiger partial charge < -0.3 is 19.6 Å². The summed E-state index contributed by atoms with van der Waals surface area (Å²) in [5.41, 5.74) is 2.20. The van der Waals surface area contributed by atoms with Gasteiger partial charge in [-0.3, -0.25) is 4.79 Å².